The Morgan fingerprint density at radius 2 is 1.65 bits per heavy atom. The molecule has 2 N–H and O–H groups in total. The van der Waals surface area contributed by atoms with Gasteiger partial charge in [0.1, 0.15) is 22.1 Å². The van der Waals surface area contributed by atoms with Crippen LogP contribution in [0.25, 0.3) is 22.6 Å². The molecule has 4 aliphatic heterocycles. The normalized spacial score (nSPS) is 20.5. The summed E-state index contributed by atoms with van der Waals surface area (Å²) in [4.78, 5) is 69.4. The number of likely N-dealkylation sites (tertiary alicyclic amines) is 1. The Balaban J connectivity index is 0.716. The summed E-state index contributed by atoms with van der Waals surface area (Å²) in [5.41, 5.74) is 5.34. The van der Waals surface area contributed by atoms with Crippen LogP contribution in [-0.4, -0.2) is 110 Å². The number of fused-ring (bicyclic) bond motifs is 1. The number of carbonyl (C=O) groups excluding carboxylic acids is 4. The lowest BCUT2D eigenvalue weighted by atomic mass is 9.82. The van der Waals surface area contributed by atoms with E-state index in [0.29, 0.717) is 83.4 Å². The second-order valence-corrected chi connectivity index (χ2v) is 17.6. The molecular weight excluding hydrogens is 810 g/mol. The number of rotatable bonds is 10. The van der Waals surface area contributed by atoms with Crippen LogP contribution in [0.15, 0.2) is 60.9 Å². The number of ether oxygens (including phenoxy) is 2. The van der Waals surface area contributed by atoms with Gasteiger partial charge in [-0.1, -0.05) is 23.7 Å². The summed E-state index contributed by atoms with van der Waals surface area (Å²) in [5.74, 6) is 2.09. The molecule has 9 rings (SSSR count). The Kier molecular flexibility index (Phi) is 12.0. The highest BCUT2D eigenvalue weighted by Crippen LogP contribution is 2.37. The topological polar surface area (TPSA) is 168 Å². The van der Waals surface area contributed by atoms with Gasteiger partial charge in [-0.25, -0.2) is 9.97 Å². The largest absolute Gasteiger partial charge is 0.453 e. The van der Waals surface area contributed by atoms with Crippen molar-refractivity contribution in [2.45, 2.75) is 70.3 Å². The van der Waals surface area contributed by atoms with Crippen LogP contribution in [0.2, 0.25) is 5.02 Å². The lowest BCUT2D eigenvalue weighted by molar-refractivity contribution is -0.137. The van der Waals surface area contributed by atoms with Gasteiger partial charge in [-0.2, -0.15) is 5.10 Å². The molecule has 1 unspecified atom stereocenters. The van der Waals surface area contributed by atoms with E-state index in [1.807, 2.05) is 37.2 Å². The number of carbonyl (C=O) groups is 4. The number of anilines is 1. The number of aromatic amines is 1. The Hall–Kier alpha value is -5.80. The molecule has 15 nitrogen and oxygen atoms in total. The van der Waals surface area contributed by atoms with E-state index in [1.54, 1.807) is 33.8 Å². The van der Waals surface area contributed by atoms with Gasteiger partial charge in [0, 0.05) is 70.2 Å². The van der Waals surface area contributed by atoms with Crippen molar-refractivity contribution in [1.82, 2.24) is 39.8 Å². The molecule has 16 heteroatoms. The number of hydrogen-bond donors (Lipinski definition) is 2. The number of nitrogens with one attached hydrogen (secondary N) is 2. The summed E-state index contributed by atoms with van der Waals surface area (Å²) in [5, 5.41) is 7.18. The van der Waals surface area contributed by atoms with Gasteiger partial charge >= 0.3 is 0 Å². The van der Waals surface area contributed by atoms with Crippen LogP contribution in [0.5, 0.6) is 11.5 Å². The molecule has 5 aromatic rings. The summed E-state index contributed by atoms with van der Waals surface area (Å²) >= 11 is 6.55. The second kappa shape index (κ2) is 17.9. The van der Waals surface area contributed by atoms with E-state index in [4.69, 9.17) is 21.1 Å². The standard InChI is InChI=1S/C46H52ClN9O6/c1-28-37(27-53(2)52-28)43-50-41-42(38(47)25-48-44(41)51-43)62-34-9-5-32(6-10-34)46(60)56-21-22-61-35(26-56)24-40(58)55-19-15-30(16-20-55)23-29-13-17-54(18-14-29)33-7-3-31(4-8-33)36-11-12-39(57)49-45(36)59/h3-10,25,27,29-30,35-36H,11-24,26H2,1-2H3,(H,48,50,51)(H,49,57,59)/t35?,36-/m0/s1. The van der Waals surface area contributed by atoms with Crippen molar-refractivity contribution in [1.29, 1.82) is 0 Å². The van der Waals surface area contributed by atoms with Gasteiger partial charge in [0.05, 0.1) is 42.5 Å². The highest BCUT2D eigenvalue weighted by molar-refractivity contribution is 6.32. The molecule has 0 radical (unpaired) electrons. The molecule has 2 aromatic carbocycles. The average Bonchev–Trinajstić information content (AvgIpc) is 3.87. The van der Waals surface area contributed by atoms with Crippen molar-refractivity contribution in [3.63, 3.8) is 0 Å². The number of imidazole rings is 1. The fourth-order valence-electron chi connectivity index (χ4n) is 9.53. The third-order valence-corrected chi connectivity index (χ3v) is 13.3. The maximum atomic E-state index is 13.6. The summed E-state index contributed by atoms with van der Waals surface area (Å²) in [6.07, 6.45) is 9.73. The first-order valence-electron chi connectivity index (χ1n) is 21.7. The maximum absolute atomic E-state index is 13.6. The van der Waals surface area contributed by atoms with E-state index in [0.717, 1.165) is 68.7 Å². The zero-order valence-electron chi connectivity index (χ0n) is 35.1. The van der Waals surface area contributed by atoms with Crippen LogP contribution in [0.4, 0.5) is 5.69 Å². The predicted molar refractivity (Wildman–Crippen MR) is 233 cm³/mol. The Morgan fingerprint density at radius 1 is 0.919 bits per heavy atom. The maximum Gasteiger partial charge on any atom is 0.254 e. The molecule has 4 aliphatic rings. The molecule has 0 spiro atoms. The highest BCUT2D eigenvalue weighted by Gasteiger charge is 2.32. The lowest BCUT2D eigenvalue weighted by Gasteiger charge is -2.38. The first-order chi connectivity index (χ1) is 30.0. The third kappa shape index (κ3) is 9.05. The van der Waals surface area contributed by atoms with Crippen LogP contribution in [0.1, 0.15) is 78.9 Å². The van der Waals surface area contributed by atoms with Crippen LogP contribution < -0.4 is 15.0 Å². The van der Waals surface area contributed by atoms with Crippen molar-refractivity contribution < 1.29 is 28.7 Å². The third-order valence-electron chi connectivity index (χ3n) is 13.0. The fraction of sp³-hybridized carbons (Fsp3) is 0.457. The van der Waals surface area contributed by atoms with E-state index < -0.39 is 0 Å². The number of morpholine rings is 1. The molecule has 4 amide bonds. The van der Waals surface area contributed by atoms with E-state index in [-0.39, 0.29) is 42.1 Å². The number of amides is 4. The quantitative estimate of drug-likeness (QED) is 0.150. The number of aromatic nitrogens is 5. The number of pyridine rings is 1. The van der Waals surface area contributed by atoms with Crippen molar-refractivity contribution in [2.75, 3.05) is 50.8 Å². The molecule has 3 aromatic heterocycles. The molecule has 4 fully saturated rings. The minimum atomic E-state index is -0.356. The lowest BCUT2D eigenvalue weighted by Crippen LogP contribution is -2.48. The van der Waals surface area contributed by atoms with Gasteiger partial charge in [-0.3, -0.25) is 29.2 Å². The number of aryl methyl sites for hydroxylation is 2. The monoisotopic (exact) mass is 861 g/mol. The SMILES string of the molecule is Cc1nn(C)cc1-c1nc2ncc(Cl)c(Oc3ccc(C(=O)N4CCOC(CC(=O)N5CCC(CC6CCN(c7ccc([C@@H]8CCC(=O)NC8=O)cc7)CC6)CC5)C4)cc3)c2[nH]1. The fourth-order valence-corrected chi connectivity index (χ4v) is 9.72. The number of H-pyrrole nitrogens is 1. The van der Waals surface area contributed by atoms with Crippen molar-refractivity contribution in [3.05, 3.63) is 82.8 Å². The Labute approximate surface area is 365 Å². The van der Waals surface area contributed by atoms with Gasteiger partial charge in [-0.05, 0) is 99.2 Å². The molecule has 62 heavy (non-hydrogen) atoms. The molecule has 4 saturated heterocycles. The summed E-state index contributed by atoms with van der Waals surface area (Å²) in [6, 6.07) is 15.2. The minimum Gasteiger partial charge on any atom is -0.453 e. The van der Waals surface area contributed by atoms with Crippen molar-refractivity contribution in [2.24, 2.45) is 18.9 Å². The Morgan fingerprint density at radius 3 is 2.34 bits per heavy atom. The summed E-state index contributed by atoms with van der Waals surface area (Å²) < 4.78 is 14.0. The van der Waals surface area contributed by atoms with Gasteiger partial charge in [0.15, 0.2) is 11.4 Å². The number of halogens is 1. The first-order valence-corrected chi connectivity index (χ1v) is 22.1. The van der Waals surface area contributed by atoms with Crippen LogP contribution in [0.3, 0.4) is 0 Å². The molecule has 0 saturated carbocycles. The summed E-state index contributed by atoms with van der Waals surface area (Å²) in [6.45, 7) is 6.62. The predicted octanol–water partition coefficient (Wildman–Crippen LogP) is 6.41. The zero-order chi connectivity index (χ0) is 42.9. The molecule has 324 valence electrons. The van der Waals surface area contributed by atoms with E-state index >= 15 is 0 Å². The summed E-state index contributed by atoms with van der Waals surface area (Å²) in [7, 11) is 1.85. The number of hydrogen-bond acceptors (Lipinski definition) is 10. The number of nitrogens with zero attached hydrogens (tertiary/aromatic N) is 7. The van der Waals surface area contributed by atoms with E-state index in [2.05, 4.69) is 42.4 Å². The molecule has 0 aliphatic carbocycles. The van der Waals surface area contributed by atoms with Gasteiger partial charge < -0.3 is 29.2 Å². The number of benzene rings is 2. The molecule has 0 bridgehead atoms. The van der Waals surface area contributed by atoms with E-state index in [1.165, 1.54) is 18.3 Å². The van der Waals surface area contributed by atoms with Gasteiger partial charge in [0.2, 0.25) is 17.7 Å². The molecule has 2 atom stereocenters. The molecular formula is C46H52ClN9O6. The second-order valence-electron chi connectivity index (χ2n) is 17.2. The first kappa shape index (κ1) is 41.5. The average molecular weight is 862 g/mol. The highest BCUT2D eigenvalue weighted by atomic mass is 35.5. The van der Waals surface area contributed by atoms with Gasteiger partial charge in [-0.15, -0.1) is 0 Å². The number of imide groups is 1. The van der Waals surface area contributed by atoms with Crippen LogP contribution in [0, 0.1) is 18.8 Å². The van der Waals surface area contributed by atoms with E-state index in [9.17, 15) is 19.2 Å². The zero-order valence-corrected chi connectivity index (χ0v) is 35.9. The van der Waals surface area contributed by atoms with Crippen LogP contribution in [-0.2, 0) is 26.2 Å². The van der Waals surface area contributed by atoms with Crippen LogP contribution >= 0.6 is 11.6 Å². The smallest absolute Gasteiger partial charge is 0.254 e. The van der Waals surface area contributed by atoms with Crippen molar-refractivity contribution in [3.8, 4) is 22.9 Å². The number of piperidine rings is 3. The van der Waals surface area contributed by atoms with Crippen molar-refractivity contribution >= 4 is 52.1 Å². The Bertz CT molecular complexity index is 2450. The minimum absolute atomic E-state index is 0.0880. The van der Waals surface area contributed by atoms with Gasteiger partial charge in [0.25, 0.3) is 5.91 Å². The molecule has 7 heterocycles.